The van der Waals surface area contributed by atoms with Gasteiger partial charge in [0.05, 0.1) is 5.69 Å². The fourth-order valence-electron chi connectivity index (χ4n) is 2.18. The Hall–Kier alpha value is -0.810. The predicted octanol–water partition coefficient (Wildman–Crippen LogP) is 2.31. The third-order valence-corrected chi connectivity index (χ3v) is 4.73. The first-order valence-corrected chi connectivity index (χ1v) is 8.28. The van der Waals surface area contributed by atoms with Gasteiger partial charge in [-0.15, -0.1) is 5.10 Å². The third kappa shape index (κ3) is 4.35. The van der Waals surface area contributed by atoms with E-state index in [2.05, 4.69) is 58.2 Å². The Kier molecular flexibility index (Phi) is 5.92. The van der Waals surface area contributed by atoms with Gasteiger partial charge in [-0.1, -0.05) is 13.8 Å². The second-order valence-electron chi connectivity index (χ2n) is 4.91. The summed E-state index contributed by atoms with van der Waals surface area (Å²) < 4.78 is 0. The molecule has 0 aliphatic carbocycles. The van der Waals surface area contributed by atoms with Crippen molar-refractivity contribution in [3.8, 4) is 0 Å². The second-order valence-corrected chi connectivity index (χ2v) is 6.31. The monoisotopic (exact) mass is 280 g/mol. The van der Waals surface area contributed by atoms with E-state index in [1.165, 1.54) is 12.2 Å². The molecule has 4 nitrogen and oxygen atoms in total. The Balaban J connectivity index is 1.90. The molecule has 0 spiro atoms. The summed E-state index contributed by atoms with van der Waals surface area (Å²) >= 11 is 2.08. The van der Waals surface area contributed by atoms with Crippen LogP contribution in [0, 0.1) is 0 Å². The molecule has 0 radical (unpaired) electrons. The van der Waals surface area contributed by atoms with Crippen LogP contribution in [0.1, 0.15) is 32.4 Å². The van der Waals surface area contributed by atoms with Crippen LogP contribution in [-0.2, 0) is 6.54 Å². The molecule has 1 atom stereocenters. The molecule has 2 heterocycles. The maximum atomic E-state index is 4.38. The fraction of sp³-hybridized carbons (Fsp3) is 0.714. The van der Waals surface area contributed by atoms with E-state index < -0.39 is 0 Å². The van der Waals surface area contributed by atoms with Crippen LogP contribution in [0.5, 0.6) is 0 Å². The molecule has 0 saturated carbocycles. The predicted molar refractivity (Wildman–Crippen MR) is 82.8 cm³/mol. The highest BCUT2D eigenvalue weighted by Crippen LogP contribution is 2.24. The highest BCUT2D eigenvalue weighted by atomic mass is 32.2. The van der Waals surface area contributed by atoms with Gasteiger partial charge in [0.1, 0.15) is 0 Å². The lowest BCUT2D eigenvalue weighted by molar-refractivity contribution is 0.653. The fourth-order valence-corrected chi connectivity index (χ4v) is 3.36. The van der Waals surface area contributed by atoms with Gasteiger partial charge in [0.2, 0.25) is 0 Å². The van der Waals surface area contributed by atoms with Gasteiger partial charge in [-0.05, 0) is 31.5 Å². The summed E-state index contributed by atoms with van der Waals surface area (Å²) in [5.41, 5.74) is 1.02. The molecule has 1 aromatic rings. The van der Waals surface area contributed by atoms with Gasteiger partial charge in [0.15, 0.2) is 5.82 Å². The molecule has 19 heavy (non-hydrogen) atoms. The summed E-state index contributed by atoms with van der Waals surface area (Å²) in [5.74, 6) is 2.22. The summed E-state index contributed by atoms with van der Waals surface area (Å²) in [6.07, 6.45) is 2.38. The maximum Gasteiger partial charge on any atom is 0.151 e. The van der Waals surface area contributed by atoms with Crippen molar-refractivity contribution in [2.24, 2.45) is 0 Å². The van der Waals surface area contributed by atoms with Crippen molar-refractivity contribution in [1.82, 2.24) is 15.5 Å². The van der Waals surface area contributed by atoms with E-state index in [0.717, 1.165) is 49.4 Å². The molecule has 1 aliphatic heterocycles. The zero-order chi connectivity index (χ0) is 13.5. The van der Waals surface area contributed by atoms with E-state index >= 15 is 0 Å². The first-order valence-electron chi connectivity index (χ1n) is 7.23. The minimum Gasteiger partial charge on any atom is -0.353 e. The maximum absolute atomic E-state index is 4.38. The van der Waals surface area contributed by atoms with Crippen LogP contribution in [0.3, 0.4) is 0 Å². The zero-order valence-corrected chi connectivity index (χ0v) is 12.7. The van der Waals surface area contributed by atoms with E-state index in [1.807, 2.05) is 0 Å². The van der Waals surface area contributed by atoms with Gasteiger partial charge >= 0.3 is 0 Å². The standard InChI is InChI=1S/C14H24N4S/c1-3-7-15-10-12-5-6-14(17-16-12)18-8-9-19-13(4-2)11-18/h5-6,13,15H,3-4,7-11H2,1-2H3. The first kappa shape index (κ1) is 14.6. The third-order valence-electron chi connectivity index (χ3n) is 3.36. The van der Waals surface area contributed by atoms with Gasteiger partial charge in [-0.3, -0.25) is 0 Å². The van der Waals surface area contributed by atoms with Gasteiger partial charge in [-0.25, -0.2) is 0 Å². The van der Waals surface area contributed by atoms with Crippen molar-refractivity contribution >= 4 is 17.6 Å². The van der Waals surface area contributed by atoms with Crippen LogP contribution in [-0.4, -0.2) is 40.8 Å². The molecule has 0 amide bonds. The van der Waals surface area contributed by atoms with Crippen LogP contribution in [0.15, 0.2) is 12.1 Å². The minimum absolute atomic E-state index is 0.737. The van der Waals surface area contributed by atoms with E-state index in [4.69, 9.17) is 0 Å². The molecule has 1 aliphatic rings. The van der Waals surface area contributed by atoms with Crippen molar-refractivity contribution in [3.05, 3.63) is 17.8 Å². The van der Waals surface area contributed by atoms with Gasteiger partial charge in [-0.2, -0.15) is 16.9 Å². The number of anilines is 1. The lowest BCUT2D eigenvalue weighted by Gasteiger charge is -2.32. The van der Waals surface area contributed by atoms with Crippen molar-refractivity contribution in [3.63, 3.8) is 0 Å². The van der Waals surface area contributed by atoms with Gasteiger partial charge in [0, 0.05) is 30.6 Å². The number of hydrogen-bond acceptors (Lipinski definition) is 5. The largest absolute Gasteiger partial charge is 0.353 e. The Morgan fingerprint density at radius 2 is 2.26 bits per heavy atom. The molecule has 1 fully saturated rings. The van der Waals surface area contributed by atoms with Crippen LogP contribution >= 0.6 is 11.8 Å². The number of aromatic nitrogens is 2. The van der Waals surface area contributed by atoms with E-state index in [0.29, 0.717) is 0 Å². The van der Waals surface area contributed by atoms with Crippen molar-refractivity contribution in [2.45, 2.75) is 38.5 Å². The first-order chi connectivity index (χ1) is 9.33. The average molecular weight is 280 g/mol. The van der Waals surface area contributed by atoms with Crippen molar-refractivity contribution in [1.29, 1.82) is 0 Å². The molecule has 1 N–H and O–H groups in total. The normalized spacial score (nSPS) is 19.7. The molecule has 1 aromatic heterocycles. The number of hydrogen-bond donors (Lipinski definition) is 1. The Morgan fingerprint density at radius 1 is 1.37 bits per heavy atom. The summed E-state index contributed by atoms with van der Waals surface area (Å²) in [4.78, 5) is 2.36. The Morgan fingerprint density at radius 3 is 2.95 bits per heavy atom. The lowest BCUT2D eigenvalue weighted by Crippen LogP contribution is -2.38. The second kappa shape index (κ2) is 7.70. The quantitative estimate of drug-likeness (QED) is 0.810. The summed E-state index contributed by atoms with van der Waals surface area (Å²) in [7, 11) is 0. The SMILES string of the molecule is CCCNCc1ccc(N2CCSC(CC)C2)nn1. The number of nitrogens with one attached hydrogen (secondary N) is 1. The number of thioether (sulfide) groups is 1. The average Bonchev–Trinajstić information content (AvgIpc) is 2.48. The van der Waals surface area contributed by atoms with Crippen LogP contribution < -0.4 is 10.2 Å². The topological polar surface area (TPSA) is 41.0 Å². The Labute approximate surface area is 120 Å². The summed E-state index contributed by atoms with van der Waals surface area (Å²) in [6.45, 7) is 8.46. The lowest BCUT2D eigenvalue weighted by atomic mass is 10.3. The Bertz CT molecular complexity index is 368. The van der Waals surface area contributed by atoms with E-state index in [9.17, 15) is 0 Å². The molecular weight excluding hydrogens is 256 g/mol. The summed E-state index contributed by atoms with van der Waals surface area (Å²) in [6, 6.07) is 4.20. The molecule has 5 heteroatoms. The zero-order valence-electron chi connectivity index (χ0n) is 11.9. The van der Waals surface area contributed by atoms with Gasteiger partial charge < -0.3 is 10.2 Å². The molecular formula is C14H24N4S. The molecule has 0 aromatic carbocycles. The highest BCUT2D eigenvalue weighted by molar-refractivity contribution is 8.00. The van der Waals surface area contributed by atoms with Crippen molar-refractivity contribution in [2.75, 3.05) is 30.3 Å². The number of rotatable bonds is 6. The van der Waals surface area contributed by atoms with E-state index in [-0.39, 0.29) is 0 Å². The van der Waals surface area contributed by atoms with Crippen LogP contribution in [0.2, 0.25) is 0 Å². The van der Waals surface area contributed by atoms with Gasteiger partial charge in [0.25, 0.3) is 0 Å². The number of nitrogens with zero attached hydrogens (tertiary/aromatic N) is 3. The van der Waals surface area contributed by atoms with E-state index in [1.54, 1.807) is 0 Å². The highest BCUT2D eigenvalue weighted by Gasteiger charge is 2.20. The molecule has 1 saturated heterocycles. The smallest absolute Gasteiger partial charge is 0.151 e. The molecule has 0 bridgehead atoms. The minimum atomic E-state index is 0.737. The molecule has 1 unspecified atom stereocenters. The molecule has 2 rings (SSSR count). The summed E-state index contributed by atoms with van der Waals surface area (Å²) in [5, 5.41) is 12.8. The van der Waals surface area contributed by atoms with Crippen LogP contribution in [0.4, 0.5) is 5.82 Å². The van der Waals surface area contributed by atoms with Crippen LogP contribution in [0.25, 0.3) is 0 Å². The van der Waals surface area contributed by atoms with Crippen molar-refractivity contribution < 1.29 is 0 Å². The molecule has 106 valence electrons.